The molecule has 1 aromatic heterocycles. The first kappa shape index (κ1) is 23.0. The average Bonchev–Trinajstić information content (AvgIpc) is 3.27. The van der Waals surface area contributed by atoms with E-state index in [9.17, 15) is 9.59 Å². The molecule has 34 heavy (non-hydrogen) atoms. The number of ether oxygens (including phenoxy) is 1. The Kier molecular flexibility index (Phi) is 6.63. The second-order valence-electron chi connectivity index (χ2n) is 8.56. The van der Waals surface area contributed by atoms with Gasteiger partial charge in [0.2, 0.25) is 5.91 Å². The smallest absolute Gasteiger partial charge is 0.251 e. The number of aryl methyl sites for hydroxylation is 1. The van der Waals surface area contributed by atoms with Crippen LogP contribution in [-0.2, 0) is 4.79 Å². The van der Waals surface area contributed by atoms with Crippen molar-refractivity contribution in [3.8, 4) is 17.1 Å². The molecule has 0 aliphatic carbocycles. The maximum Gasteiger partial charge on any atom is 0.251 e. The number of para-hydroxylation sites is 2. The molecule has 0 saturated carbocycles. The summed E-state index contributed by atoms with van der Waals surface area (Å²) in [5.41, 5.74) is 4.68. The van der Waals surface area contributed by atoms with Gasteiger partial charge >= 0.3 is 0 Å². The van der Waals surface area contributed by atoms with Crippen LogP contribution in [0.4, 0.5) is 5.69 Å². The Morgan fingerprint density at radius 3 is 2.41 bits per heavy atom. The van der Waals surface area contributed by atoms with Gasteiger partial charge in [0.05, 0.1) is 23.8 Å². The highest BCUT2D eigenvalue weighted by atomic mass is 16.5. The predicted molar refractivity (Wildman–Crippen MR) is 134 cm³/mol. The van der Waals surface area contributed by atoms with Crippen LogP contribution in [0.25, 0.3) is 22.4 Å². The van der Waals surface area contributed by atoms with E-state index in [1.54, 1.807) is 31.4 Å². The van der Waals surface area contributed by atoms with Crippen LogP contribution in [0.3, 0.4) is 0 Å². The van der Waals surface area contributed by atoms with Gasteiger partial charge in [0.1, 0.15) is 17.6 Å². The number of amides is 2. The van der Waals surface area contributed by atoms with Crippen molar-refractivity contribution < 1.29 is 14.3 Å². The molecule has 4 rings (SSSR count). The minimum Gasteiger partial charge on any atom is -0.497 e. The predicted octanol–water partition coefficient (Wildman–Crippen LogP) is 4.94. The molecule has 0 aliphatic heterocycles. The number of hydrogen-bond donors (Lipinski definition) is 3. The van der Waals surface area contributed by atoms with Crippen LogP contribution in [0, 0.1) is 12.8 Å². The molecule has 1 atom stereocenters. The van der Waals surface area contributed by atoms with Crippen LogP contribution in [0.1, 0.15) is 29.8 Å². The lowest BCUT2D eigenvalue weighted by Crippen LogP contribution is -2.47. The van der Waals surface area contributed by atoms with Gasteiger partial charge in [-0.25, -0.2) is 4.98 Å². The van der Waals surface area contributed by atoms with E-state index in [-0.39, 0.29) is 17.7 Å². The molecule has 0 bridgehead atoms. The standard InChI is InChI=1S/C27H28N4O3/c1-16(2)24(31-26(32)18-10-12-19(34-4)13-11-18)27(33)30-21-14-9-17(3)15-20(21)25-28-22-7-5-6-8-23(22)29-25/h5-16,24H,1-4H3,(H,28,29)(H,30,33)(H,31,32)/t24-/m0/s1. The second kappa shape index (κ2) is 9.79. The molecule has 4 aromatic rings. The fourth-order valence-corrected chi connectivity index (χ4v) is 3.76. The molecular weight excluding hydrogens is 428 g/mol. The third-order valence-electron chi connectivity index (χ3n) is 5.67. The van der Waals surface area contributed by atoms with E-state index in [2.05, 4.69) is 20.6 Å². The summed E-state index contributed by atoms with van der Waals surface area (Å²) < 4.78 is 5.14. The molecule has 0 spiro atoms. The fraction of sp³-hybridized carbons (Fsp3) is 0.222. The van der Waals surface area contributed by atoms with Crippen molar-refractivity contribution in [2.75, 3.05) is 12.4 Å². The van der Waals surface area contributed by atoms with E-state index in [4.69, 9.17) is 4.74 Å². The Labute approximate surface area is 198 Å². The molecule has 7 nitrogen and oxygen atoms in total. The Balaban J connectivity index is 1.58. The van der Waals surface area contributed by atoms with Gasteiger partial charge in [-0.1, -0.05) is 37.6 Å². The molecule has 2 amide bonds. The molecule has 3 aromatic carbocycles. The Hall–Kier alpha value is -4.13. The number of benzene rings is 3. The topological polar surface area (TPSA) is 96.1 Å². The summed E-state index contributed by atoms with van der Waals surface area (Å²) in [7, 11) is 1.57. The number of methoxy groups -OCH3 is 1. The summed E-state index contributed by atoms with van der Waals surface area (Å²) in [5, 5.41) is 5.87. The zero-order valence-electron chi connectivity index (χ0n) is 19.7. The number of rotatable bonds is 7. The number of nitrogens with one attached hydrogen (secondary N) is 3. The quantitative estimate of drug-likeness (QED) is 0.367. The number of hydrogen-bond acceptors (Lipinski definition) is 4. The molecule has 174 valence electrons. The van der Waals surface area contributed by atoms with Crippen LogP contribution in [-0.4, -0.2) is 34.9 Å². The lowest BCUT2D eigenvalue weighted by molar-refractivity contribution is -0.118. The van der Waals surface area contributed by atoms with Gasteiger partial charge in [-0.2, -0.15) is 0 Å². The number of nitrogens with zero attached hydrogens (tertiary/aromatic N) is 1. The van der Waals surface area contributed by atoms with E-state index in [1.165, 1.54) is 0 Å². The van der Waals surface area contributed by atoms with Crippen molar-refractivity contribution in [2.45, 2.75) is 26.8 Å². The summed E-state index contributed by atoms with van der Waals surface area (Å²) in [5.74, 6) is 0.592. The first-order chi connectivity index (χ1) is 16.4. The lowest BCUT2D eigenvalue weighted by Gasteiger charge is -2.22. The molecule has 0 saturated heterocycles. The van der Waals surface area contributed by atoms with Gasteiger partial charge < -0.3 is 20.4 Å². The van der Waals surface area contributed by atoms with Crippen molar-refractivity contribution in [3.05, 3.63) is 77.9 Å². The molecule has 3 N–H and O–H groups in total. The summed E-state index contributed by atoms with van der Waals surface area (Å²) in [4.78, 5) is 34.1. The molecule has 0 radical (unpaired) electrons. The van der Waals surface area contributed by atoms with Crippen LogP contribution in [0.2, 0.25) is 0 Å². The number of anilines is 1. The lowest BCUT2D eigenvalue weighted by atomic mass is 10.0. The van der Waals surface area contributed by atoms with E-state index in [0.717, 1.165) is 22.2 Å². The molecule has 0 unspecified atom stereocenters. The average molecular weight is 457 g/mol. The molecule has 7 heteroatoms. The maximum atomic E-state index is 13.3. The Bertz CT molecular complexity index is 1290. The van der Waals surface area contributed by atoms with Crippen molar-refractivity contribution >= 4 is 28.5 Å². The highest BCUT2D eigenvalue weighted by Crippen LogP contribution is 2.29. The van der Waals surface area contributed by atoms with Crippen LogP contribution < -0.4 is 15.4 Å². The number of fused-ring (bicyclic) bond motifs is 1. The molecule has 0 aliphatic rings. The second-order valence-corrected chi connectivity index (χ2v) is 8.56. The third kappa shape index (κ3) is 4.93. The molecule has 0 fully saturated rings. The SMILES string of the molecule is COc1ccc(C(=O)N[C@H](C(=O)Nc2ccc(C)cc2-c2nc3ccccc3[nH]2)C(C)C)cc1. The van der Waals surface area contributed by atoms with E-state index >= 15 is 0 Å². The fourth-order valence-electron chi connectivity index (χ4n) is 3.76. The highest BCUT2D eigenvalue weighted by molar-refractivity contribution is 6.03. The zero-order chi connectivity index (χ0) is 24.2. The third-order valence-corrected chi connectivity index (χ3v) is 5.67. The van der Waals surface area contributed by atoms with E-state index in [1.807, 2.05) is 63.2 Å². The highest BCUT2D eigenvalue weighted by Gasteiger charge is 2.26. The number of aromatic amines is 1. The van der Waals surface area contributed by atoms with Gasteiger partial charge in [0.15, 0.2) is 0 Å². The van der Waals surface area contributed by atoms with E-state index in [0.29, 0.717) is 22.8 Å². The summed E-state index contributed by atoms with van der Waals surface area (Å²) >= 11 is 0. The molecule has 1 heterocycles. The number of H-pyrrole nitrogens is 1. The van der Waals surface area contributed by atoms with Gasteiger partial charge in [-0.3, -0.25) is 9.59 Å². The van der Waals surface area contributed by atoms with Crippen molar-refractivity contribution in [2.24, 2.45) is 5.92 Å². The largest absolute Gasteiger partial charge is 0.497 e. The zero-order valence-corrected chi connectivity index (χ0v) is 19.7. The Morgan fingerprint density at radius 1 is 1.00 bits per heavy atom. The number of carbonyl (C=O) groups excluding carboxylic acids is 2. The van der Waals surface area contributed by atoms with Crippen molar-refractivity contribution in [1.82, 2.24) is 15.3 Å². The number of imidazole rings is 1. The molecular formula is C27H28N4O3. The van der Waals surface area contributed by atoms with Crippen LogP contribution in [0.15, 0.2) is 66.7 Å². The van der Waals surface area contributed by atoms with Crippen LogP contribution >= 0.6 is 0 Å². The minimum atomic E-state index is -0.723. The van der Waals surface area contributed by atoms with Gasteiger partial charge in [0, 0.05) is 11.1 Å². The van der Waals surface area contributed by atoms with Gasteiger partial charge in [-0.05, 0) is 61.4 Å². The van der Waals surface area contributed by atoms with Crippen molar-refractivity contribution in [3.63, 3.8) is 0 Å². The number of aromatic nitrogens is 2. The van der Waals surface area contributed by atoms with Gasteiger partial charge in [0.25, 0.3) is 5.91 Å². The van der Waals surface area contributed by atoms with E-state index < -0.39 is 6.04 Å². The van der Waals surface area contributed by atoms with Crippen molar-refractivity contribution in [1.29, 1.82) is 0 Å². The first-order valence-corrected chi connectivity index (χ1v) is 11.2. The van der Waals surface area contributed by atoms with Crippen LogP contribution in [0.5, 0.6) is 5.75 Å². The monoisotopic (exact) mass is 456 g/mol. The first-order valence-electron chi connectivity index (χ1n) is 11.2. The maximum absolute atomic E-state index is 13.3. The number of carbonyl (C=O) groups is 2. The minimum absolute atomic E-state index is 0.123. The Morgan fingerprint density at radius 2 is 1.74 bits per heavy atom. The van der Waals surface area contributed by atoms with Gasteiger partial charge in [-0.15, -0.1) is 0 Å². The normalized spacial score (nSPS) is 11.9. The summed E-state index contributed by atoms with van der Waals surface area (Å²) in [6, 6.07) is 19.6. The summed E-state index contributed by atoms with van der Waals surface area (Å²) in [6.45, 7) is 5.78. The summed E-state index contributed by atoms with van der Waals surface area (Å²) in [6.07, 6.45) is 0.